The van der Waals surface area contributed by atoms with E-state index >= 15 is 0 Å². The van der Waals surface area contributed by atoms with Crippen molar-refractivity contribution in [3.8, 4) is 0 Å². The van der Waals surface area contributed by atoms with Crippen LogP contribution in [0.15, 0.2) is 4.99 Å². The molecule has 2 fully saturated rings. The predicted octanol–water partition coefficient (Wildman–Crippen LogP) is 1.99. The van der Waals surface area contributed by atoms with Crippen LogP contribution in [0.5, 0.6) is 0 Å². The highest BCUT2D eigenvalue weighted by Crippen LogP contribution is 2.42. The first-order chi connectivity index (χ1) is 12.0. The van der Waals surface area contributed by atoms with Gasteiger partial charge in [0.15, 0.2) is 5.96 Å². The fraction of sp³-hybridized carbons (Fsp3) is 0.941. The normalized spacial score (nSPS) is 21.8. The molecular formula is C17H34N4O2S2. The Bertz CT molecular complexity index is 535. The van der Waals surface area contributed by atoms with Crippen LogP contribution in [0.4, 0.5) is 0 Å². The molecule has 1 saturated heterocycles. The van der Waals surface area contributed by atoms with E-state index < -0.39 is 10.0 Å². The number of aliphatic imine (C=N–C) groups is 1. The molecule has 0 radical (unpaired) electrons. The number of guanidine groups is 1. The van der Waals surface area contributed by atoms with Crippen molar-refractivity contribution in [1.82, 2.24) is 14.5 Å². The SMILES string of the molecule is CCN(CC)S(=O)(=O)CCNC(=NC)N1CCSC2(CCCCC2)C1. The summed E-state index contributed by atoms with van der Waals surface area (Å²) in [6, 6.07) is 0. The fourth-order valence-electron chi connectivity index (χ4n) is 3.89. The molecule has 2 rings (SSSR count). The van der Waals surface area contributed by atoms with Gasteiger partial charge in [-0.2, -0.15) is 11.8 Å². The summed E-state index contributed by atoms with van der Waals surface area (Å²) in [4.78, 5) is 6.73. The standard InChI is InChI=1S/C17H34N4O2S2/c1-4-21(5-2)25(22,23)14-11-19-16(18-3)20-12-13-24-17(15-20)9-7-6-8-10-17/h4-15H2,1-3H3,(H,18,19). The van der Waals surface area contributed by atoms with E-state index in [1.165, 1.54) is 36.4 Å². The maximum absolute atomic E-state index is 12.3. The van der Waals surface area contributed by atoms with Crippen molar-refractivity contribution in [2.24, 2.45) is 4.99 Å². The maximum atomic E-state index is 12.3. The summed E-state index contributed by atoms with van der Waals surface area (Å²) in [6.45, 7) is 7.22. The molecule has 0 aromatic rings. The van der Waals surface area contributed by atoms with Gasteiger partial charge in [-0.15, -0.1) is 0 Å². The van der Waals surface area contributed by atoms with Gasteiger partial charge >= 0.3 is 0 Å². The second-order valence-corrected chi connectivity index (χ2v) is 10.5. The molecule has 0 bridgehead atoms. The Hall–Kier alpha value is -0.470. The van der Waals surface area contributed by atoms with Crippen LogP contribution in [0.1, 0.15) is 46.0 Å². The van der Waals surface area contributed by atoms with Gasteiger partial charge in [-0.3, -0.25) is 4.99 Å². The summed E-state index contributed by atoms with van der Waals surface area (Å²) in [7, 11) is -1.40. The van der Waals surface area contributed by atoms with E-state index in [1.54, 1.807) is 7.05 Å². The van der Waals surface area contributed by atoms with Gasteiger partial charge in [0.2, 0.25) is 10.0 Å². The van der Waals surface area contributed by atoms with Crippen molar-refractivity contribution >= 4 is 27.7 Å². The van der Waals surface area contributed by atoms with Crippen LogP contribution in [-0.2, 0) is 10.0 Å². The average molecular weight is 391 g/mol. The molecular weight excluding hydrogens is 356 g/mol. The van der Waals surface area contributed by atoms with E-state index in [9.17, 15) is 8.42 Å². The molecule has 1 N–H and O–H groups in total. The number of sulfonamides is 1. The molecule has 0 aromatic carbocycles. The molecule has 25 heavy (non-hydrogen) atoms. The van der Waals surface area contributed by atoms with Crippen molar-refractivity contribution in [2.75, 3.05) is 51.3 Å². The van der Waals surface area contributed by atoms with Gasteiger partial charge in [-0.1, -0.05) is 33.1 Å². The van der Waals surface area contributed by atoms with E-state index in [-0.39, 0.29) is 5.75 Å². The molecule has 8 heteroatoms. The zero-order valence-electron chi connectivity index (χ0n) is 16.0. The zero-order valence-corrected chi connectivity index (χ0v) is 17.6. The van der Waals surface area contributed by atoms with E-state index in [0.29, 0.717) is 24.4 Å². The average Bonchev–Trinajstić information content (AvgIpc) is 2.60. The predicted molar refractivity (Wildman–Crippen MR) is 108 cm³/mol. The Kier molecular flexibility index (Phi) is 7.89. The van der Waals surface area contributed by atoms with Crippen LogP contribution in [0.3, 0.4) is 0 Å². The summed E-state index contributed by atoms with van der Waals surface area (Å²) in [6.07, 6.45) is 6.60. The molecule has 1 aliphatic heterocycles. The second-order valence-electron chi connectivity index (χ2n) is 6.89. The summed E-state index contributed by atoms with van der Waals surface area (Å²) < 4.78 is 26.5. The first-order valence-corrected chi connectivity index (χ1v) is 12.1. The monoisotopic (exact) mass is 390 g/mol. The molecule has 0 unspecified atom stereocenters. The van der Waals surface area contributed by atoms with Crippen molar-refractivity contribution in [1.29, 1.82) is 0 Å². The van der Waals surface area contributed by atoms with Crippen LogP contribution >= 0.6 is 11.8 Å². The Morgan fingerprint density at radius 3 is 2.52 bits per heavy atom. The molecule has 1 spiro atoms. The quantitative estimate of drug-likeness (QED) is 0.555. The fourth-order valence-corrected chi connectivity index (χ4v) is 6.87. The molecule has 0 atom stereocenters. The van der Waals surface area contributed by atoms with Crippen LogP contribution in [0.2, 0.25) is 0 Å². The van der Waals surface area contributed by atoms with Crippen LogP contribution in [-0.4, -0.2) is 79.6 Å². The Morgan fingerprint density at radius 2 is 1.92 bits per heavy atom. The van der Waals surface area contributed by atoms with Gasteiger partial charge in [0.05, 0.1) is 5.75 Å². The van der Waals surface area contributed by atoms with E-state index in [2.05, 4.69) is 27.0 Å². The molecule has 2 aliphatic rings. The van der Waals surface area contributed by atoms with Crippen LogP contribution < -0.4 is 5.32 Å². The lowest BCUT2D eigenvalue weighted by molar-refractivity contribution is 0.293. The van der Waals surface area contributed by atoms with E-state index in [0.717, 1.165) is 24.8 Å². The molecule has 6 nitrogen and oxygen atoms in total. The first-order valence-electron chi connectivity index (χ1n) is 9.54. The largest absolute Gasteiger partial charge is 0.355 e. The highest BCUT2D eigenvalue weighted by Gasteiger charge is 2.38. The first kappa shape index (κ1) is 20.8. The maximum Gasteiger partial charge on any atom is 0.215 e. The number of hydrogen-bond acceptors (Lipinski definition) is 4. The summed E-state index contributed by atoms with van der Waals surface area (Å²) in [5.41, 5.74) is 0. The Labute approximate surface area is 157 Å². The Balaban J connectivity index is 1.90. The van der Waals surface area contributed by atoms with Gasteiger partial charge in [-0.25, -0.2) is 12.7 Å². The third-order valence-corrected chi connectivity index (χ3v) is 8.83. The van der Waals surface area contributed by atoms with Gasteiger partial charge in [0.25, 0.3) is 0 Å². The number of rotatable bonds is 6. The van der Waals surface area contributed by atoms with Crippen LogP contribution in [0, 0.1) is 0 Å². The zero-order chi connectivity index (χ0) is 18.3. The van der Waals surface area contributed by atoms with Crippen LogP contribution in [0.25, 0.3) is 0 Å². The third-order valence-electron chi connectivity index (χ3n) is 5.27. The second kappa shape index (κ2) is 9.46. The van der Waals surface area contributed by atoms with Gasteiger partial charge in [0, 0.05) is 50.3 Å². The van der Waals surface area contributed by atoms with Crippen molar-refractivity contribution in [2.45, 2.75) is 50.7 Å². The van der Waals surface area contributed by atoms with E-state index in [4.69, 9.17) is 0 Å². The lowest BCUT2D eigenvalue weighted by Crippen LogP contribution is -2.54. The highest BCUT2D eigenvalue weighted by atomic mass is 32.2. The van der Waals surface area contributed by atoms with Crippen molar-refractivity contribution < 1.29 is 8.42 Å². The highest BCUT2D eigenvalue weighted by molar-refractivity contribution is 8.00. The van der Waals surface area contributed by atoms with Gasteiger partial charge in [-0.05, 0) is 12.8 Å². The smallest absolute Gasteiger partial charge is 0.215 e. The molecule has 0 aromatic heterocycles. The number of nitrogens with one attached hydrogen (secondary N) is 1. The number of thioether (sulfide) groups is 1. The minimum absolute atomic E-state index is 0.113. The summed E-state index contributed by atoms with van der Waals surface area (Å²) in [5, 5.41) is 3.28. The summed E-state index contributed by atoms with van der Waals surface area (Å²) in [5.74, 6) is 2.08. The minimum atomic E-state index is -3.19. The van der Waals surface area contributed by atoms with E-state index in [1.807, 2.05) is 13.8 Å². The minimum Gasteiger partial charge on any atom is -0.355 e. The lowest BCUT2D eigenvalue weighted by Gasteiger charge is -2.45. The topological polar surface area (TPSA) is 65.0 Å². The number of nitrogens with zero attached hydrogens (tertiary/aromatic N) is 3. The molecule has 1 saturated carbocycles. The molecule has 146 valence electrons. The number of hydrogen-bond donors (Lipinski definition) is 1. The van der Waals surface area contributed by atoms with Gasteiger partial charge in [0.1, 0.15) is 0 Å². The van der Waals surface area contributed by atoms with Crippen molar-refractivity contribution in [3.63, 3.8) is 0 Å². The third kappa shape index (κ3) is 5.50. The molecule has 1 heterocycles. The lowest BCUT2D eigenvalue weighted by atomic mass is 9.87. The van der Waals surface area contributed by atoms with Gasteiger partial charge < -0.3 is 10.2 Å². The Morgan fingerprint density at radius 1 is 1.24 bits per heavy atom. The summed E-state index contributed by atoms with van der Waals surface area (Å²) >= 11 is 2.13. The van der Waals surface area contributed by atoms with Crippen molar-refractivity contribution in [3.05, 3.63) is 0 Å². The molecule has 0 amide bonds. The molecule has 1 aliphatic carbocycles.